The highest BCUT2D eigenvalue weighted by Gasteiger charge is 2.31. The van der Waals surface area contributed by atoms with Gasteiger partial charge >= 0.3 is 6.09 Å². The molecule has 1 aromatic carbocycles. The Bertz CT molecular complexity index is 677. The minimum atomic E-state index is -0.396. The van der Waals surface area contributed by atoms with E-state index in [1.807, 2.05) is 29.6 Å². The number of anilines is 1. The molecule has 0 unspecified atom stereocenters. The van der Waals surface area contributed by atoms with Crippen LogP contribution in [0.2, 0.25) is 0 Å². The van der Waals surface area contributed by atoms with E-state index in [9.17, 15) is 4.79 Å². The Kier molecular flexibility index (Phi) is 2.98. The van der Waals surface area contributed by atoms with Crippen LogP contribution in [0.1, 0.15) is 0 Å². The van der Waals surface area contributed by atoms with E-state index in [-0.39, 0.29) is 12.6 Å². The smallest absolute Gasteiger partial charge is 0.414 e. The number of azide groups is 1. The van der Waals surface area contributed by atoms with Gasteiger partial charge in [-0.3, -0.25) is 4.90 Å². The summed E-state index contributed by atoms with van der Waals surface area (Å²) in [5, 5.41) is 6.56. The number of ether oxygens (including phenoxy) is 1. The van der Waals surface area contributed by atoms with Gasteiger partial charge in [0.05, 0.1) is 13.1 Å². The molecule has 1 aliphatic rings. The number of carbonyl (C=O) groups is 1. The van der Waals surface area contributed by atoms with Crippen LogP contribution >= 0.6 is 11.3 Å². The third kappa shape index (κ3) is 2.21. The third-order valence-corrected chi connectivity index (χ3v) is 3.87. The topological polar surface area (TPSA) is 78.3 Å². The molecule has 0 spiro atoms. The van der Waals surface area contributed by atoms with Crippen molar-refractivity contribution in [2.75, 3.05) is 18.0 Å². The summed E-state index contributed by atoms with van der Waals surface area (Å²) in [6, 6.07) is 7.87. The van der Waals surface area contributed by atoms with Gasteiger partial charge in [0, 0.05) is 15.3 Å². The van der Waals surface area contributed by atoms with Gasteiger partial charge in [-0.2, -0.15) is 0 Å². The standard InChI is InChI=1S/C12H10N4O2S/c13-15-14-6-10-7-16(12(17)18-10)9-1-2-11-8(5-9)3-4-19-11/h1-5,10H,6-7H2/t10-/m0/s1. The number of hydrogen-bond donors (Lipinski definition) is 0. The molecule has 1 aliphatic heterocycles. The molecule has 1 fully saturated rings. The molecule has 0 bridgehead atoms. The van der Waals surface area contributed by atoms with Gasteiger partial charge in [0.15, 0.2) is 0 Å². The van der Waals surface area contributed by atoms with Crippen LogP contribution in [0, 0.1) is 0 Å². The molecule has 1 saturated heterocycles. The maximum absolute atomic E-state index is 11.8. The molecule has 0 N–H and O–H groups in total. The molecule has 2 aromatic rings. The molecule has 1 aromatic heterocycles. The van der Waals surface area contributed by atoms with E-state index in [0.29, 0.717) is 6.54 Å². The van der Waals surface area contributed by atoms with Crippen LogP contribution in [-0.4, -0.2) is 25.3 Å². The Balaban J connectivity index is 1.85. The van der Waals surface area contributed by atoms with Gasteiger partial charge in [0.25, 0.3) is 0 Å². The average Bonchev–Trinajstić information content (AvgIpc) is 3.01. The summed E-state index contributed by atoms with van der Waals surface area (Å²) in [5.41, 5.74) is 9.08. The Hall–Kier alpha value is -2.24. The van der Waals surface area contributed by atoms with Crippen LogP contribution in [0.4, 0.5) is 10.5 Å². The van der Waals surface area contributed by atoms with Crippen LogP contribution in [0.25, 0.3) is 20.5 Å². The largest absolute Gasteiger partial charge is 0.444 e. The fourth-order valence-electron chi connectivity index (χ4n) is 2.08. The first-order valence-corrected chi connectivity index (χ1v) is 6.62. The number of hydrogen-bond acceptors (Lipinski definition) is 4. The zero-order valence-corrected chi connectivity index (χ0v) is 10.7. The van der Waals surface area contributed by atoms with Gasteiger partial charge in [-0.15, -0.1) is 11.3 Å². The van der Waals surface area contributed by atoms with E-state index in [1.165, 1.54) is 4.70 Å². The lowest BCUT2D eigenvalue weighted by atomic mass is 10.2. The van der Waals surface area contributed by atoms with Crippen molar-refractivity contribution in [1.29, 1.82) is 0 Å². The summed E-state index contributed by atoms with van der Waals surface area (Å²) in [7, 11) is 0. The van der Waals surface area contributed by atoms with Crippen molar-refractivity contribution in [2.24, 2.45) is 5.11 Å². The van der Waals surface area contributed by atoms with E-state index in [4.69, 9.17) is 10.3 Å². The summed E-state index contributed by atoms with van der Waals surface area (Å²) < 4.78 is 6.33. The maximum Gasteiger partial charge on any atom is 0.414 e. The molecule has 96 valence electrons. The summed E-state index contributed by atoms with van der Waals surface area (Å²) in [6.07, 6.45) is -0.769. The van der Waals surface area contributed by atoms with Crippen LogP contribution in [0.3, 0.4) is 0 Å². The highest BCUT2D eigenvalue weighted by Crippen LogP contribution is 2.28. The van der Waals surface area contributed by atoms with Gasteiger partial charge in [0.1, 0.15) is 6.10 Å². The van der Waals surface area contributed by atoms with E-state index in [0.717, 1.165) is 11.1 Å². The molecule has 1 atom stereocenters. The lowest BCUT2D eigenvalue weighted by Crippen LogP contribution is -2.24. The highest BCUT2D eigenvalue weighted by atomic mass is 32.1. The molecule has 1 amide bonds. The molecule has 0 radical (unpaired) electrons. The molecule has 0 aliphatic carbocycles. The Morgan fingerprint density at radius 2 is 2.42 bits per heavy atom. The average molecular weight is 274 g/mol. The van der Waals surface area contributed by atoms with Gasteiger partial charge in [-0.1, -0.05) is 5.11 Å². The van der Waals surface area contributed by atoms with Crippen molar-refractivity contribution >= 4 is 33.2 Å². The van der Waals surface area contributed by atoms with Gasteiger partial charge < -0.3 is 4.74 Å². The lowest BCUT2D eigenvalue weighted by molar-refractivity contribution is 0.145. The number of rotatable bonds is 3. The van der Waals surface area contributed by atoms with Gasteiger partial charge in [-0.05, 0) is 40.6 Å². The quantitative estimate of drug-likeness (QED) is 0.487. The minimum Gasteiger partial charge on any atom is -0.444 e. The number of amides is 1. The molecular weight excluding hydrogens is 264 g/mol. The zero-order chi connectivity index (χ0) is 13.2. The van der Waals surface area contributed by atoms with Crippen LogP contribution < -0.4 is 4.90 Å². The predicted octanol–water partition coefficient (Wildman–Crippen LogP) is 3.54. The first kappa shape index (κ1) is 11.8. The summed E-state index contributed by atoms with van der Waals surface area (Å²) in [5.74, 6) is 0. The number of carbonyl (C=O) groups excluding carboxylic acids is 1. The van der Waals surface area contributed by atoms with E-state index in [2.05, 4.69) is 10.0 Å². The number of benzene rings is 1. The number of fused-ring (bicyclic) bond motifs is 1. The van der Waals surface area contributed by atoms with Crippen molar-refractivity contribution in [3.8, 4) is 0 Å². The SMILES string of the molecule is [N-]=[N+]=NC[C@H]1CN(c2ccc3sccc3c2)C(=O)O1. The number of nitrogens with zero attached hydrogens (tertiary/aromatic N) is 4. The molecule has 2 heterocycles. The van der Waals surface area contributed by atoms with Crippen LogP contribution in [-0.2, 0) is 4.74 Å². The third-order valence-electron chi connectivity index (χ3n) is 2.97. The van der Waals surface area contributed by atoms with Crippen molar-refractivity contribution in [3.63, 3.8) is 0 Å². The molecule has 6 nitrogen and oxygen atoms in total. The van der Waals surface area contributed by atoms with E-state index < -0.39 is 6.09 Å². The fraction of sp³-hybridized carbons (Fsp3) is 0.250. The van der Waals surface area contributed by atoms with Crippen LogP contribution in [0.5, 0.6) is 0 Å². The molecular formula is C12H10N4O2S. The normalized spacial score (nSPS) is 18.4. The summed E-state index contributed by atoms with van der Waals surface area (Å²) in [6.45, 7) is 0.576. The van der Waals surface area contributed by atoms with Crippen LogP contribution in [0.15, 0.2) is 34.8 Å². The monoisotopic (exact) mass is 274 g/mol. The minimum absolute atomic E-state index is 0.166. The molecule has 3 rings (SSSR count). The Morgan fingerprint density at radius 3 is 3.26 bits per heavy atom. The van der Waals surface area contributed by atoms with E-state index >= 15 is 0 Å². The number of cyclic esters (lactones) is 1. The van der Waals surface area contributed by atoms with E-state index in [1.54, 1.807) is 16.2 Å². The molecule has 19 heavy (non-hydrogen) atoms. The first-order chi connectivity index (χ1) is 9.28. The maximum atomic E-state index is 11.8. The van der Waals surface area contributed by atoms with Crippen molar-refractivity contribution < 1.29 is 9.53 Å². The van der Waals surface area contributed by atoms with Crippen molar-refractivity contribution in [1.82, 2.24) is 0 Å². The predicted molar refractivity (Wildman–Crippen MR) is 73.5 cm³/mol. The Labute approximate surface area is 112 Å². The van der Waals surface area contributed by atoms with Gasteiger partial charge in [0.2, 0.25) is 0 Å². The second kappa shape index (κ2) is 4.79. The Morgan fingerprint density at radius 1 is 1.53 bits per heavy atom. The van der Waals surface area contributed by atoms with Crippen molar-refractivity contribution in [2.45, 2.75) is 6.10 Å². The summed E-state index contributed by atoms with van der Waals surface area (Å²) in [4.78, 5) is 16.0. The van der Waals surface area contributed by atoms with Crippen molar-refractivity contribution in [3.05, 3.63) is 40.1 Å². The first-order valence-electron chi connectivity index (χ1n) is 5.74. The zero-order valence-electron chi connectivity index (χ0n) is 9.89. The summed E-state index contributed by atoms with van der Waals surface area (Å²) >= 11 is 1.66. The molecule has 0 saturated carbocycles. The van der Waals surface area contributed by atoms with Gasteiger partial charge in [-0.25, -0.2) is 4.79 Å². The second-order valence-corrected chi connectivity index (χ2v) is 5.12. The lowest BCUT2D eigenvalue weighted by Gasteiger charge is -2.12. The fourth-order valence-corrected chi connectivity index (χ4v) is 2.85. The number of thiophene rings is 1. The second-order valence-electron chi connectivity index (χ2n) is 4.17. The molecule has 7 heteroatoms. The highest BCUT2D eigenvalue weighted by molar-refractivity contribution is 7.17.